The summed E-state index contributed by atoms with van der Waals surface area (Å²) in [7, 11) is 0. The van der Waals surface area contributed by atoms with E-state index >= 15 is 0 Å². The van der Waals surface area contributed by atoms with E-state index in [1.54, 1.807) is 0 Å². The fraction of sp³-hybridized carbons (Fsp3) is 0.538. The molecule has 0 spiro atoms. The van der Waals surface area contributed by atoms with Crippen LogP contribution in [0, 0.1) is 0 Å². The summed E-state index contributed by atoms with van der Waals surface area (Å²) in [5.74, 6) is 0.780. The first-order valence-electron chi connectivity index (χ1n) is 5.50. The third kappa shape index (κ3) is 3.82. The zero-order valence-corrected chi connectivity index (χ0v) is 10.1. The first-order chi connectivity index (χ1) is 6.92. The number of anilines is 1. The largest absolute Gasteiger partial charge is 0.486 e. The van der Waals surface area contributed by atoms with Crippen LogP contribution in [0.1, 0.15) is 39.7 Å². The summed E-state index contributed by atoms with van der Waals surface area (Å²) in [6.07, 6.45) is 2.21. The number of hydrogen-bond acceptors (Lipinski definition) is 2. The molecular formula is C13H21NO. The summed E-state index contributed by atoms with van der Waals surface area (Å²) < 4.78 is 5.74. The van der Waals surface area contributed by atoms with E-state index in [-0.39, 0.29) is 5.60 Å². The molecule has 1 aromatic rings. The molecule has 0 amide bonds. The normalized spacial score (nSPS) is 11.5. The second kappa shape index (κ2) is 4.56. The zero-order valence-electron chi connectivity index (χ0n) is 10.1. The van der Waals surface area contributed by atoms with E-state index < -0.39 is 0 Å². The number of benzene rings is 1. The molecule has 0 aliphatic heterocycles. The monoisotopic (exact) mass is 207 g/mol. The summed E-state index contributed by atoms with van der Waals surface area (Å²) >= 11 is 0. The number of ether oxygens (including phenoxy) is 1. The summed E-state index contributed by atoms with van der Waals surface area (Å²) in [6.45, 7) is 8.22. The zero-order chi connectivity index (χ0) is 11.5. The van der Waals surface area contributed by atoms with E-state index in [2.05, 4.69) is 13.0 Å². The van der Waals surface area contributed by atoms with Gasteiger partial charge in [-0.3, -0.25) is 0 Å². The highest BCUT2D eigenvalue weighted by Crippen LogP contribution is 2.26. The number of hydrogen-bond donors (Lipinski definition) is 1. The third-order valence-electron chi connectivity index (χ3n) is 2.03. The molecule has 0 aliphatic carbocycles. The second-order valence-corrected chi connectivity index (χ2v) is 4.84. The van der Waals surface area contributed by atoms with Crippen LogP contribution in [-0.2, 0) is 6.42 Å². The molecule has 0 fully saturated rings. The SMILES string of the molecule is CCCc1ccc(OC(C)(C)C)c(N)c1. The molecule has 0 saturated heterocycles. The number of nitrogens with two attached hydrogens (primary N) is 1. The lowest BCUT2D eigenvalue weighted by Crippen LogP contribution is -2.23. The molecule has 2 heteroatoms. The van der Waals surface area contributed by atoms with Gasteiger partial charge in [-0.1, -0.05) is 19.4 Å². The van der Waals surface area contributed by atoms with Crippen molar-refractivity contribution in [2.45, 2.75) is 46.1 Å². The standard InChI is InChI=1S/C13H21NO/c1-5-6-10-7-8-12(11(14)9-10)15-13(2,3)4/h7-9H,5-6,14H2,1-4H3. The summed E-state index contributed by atoms with van der Waals surface area (Å²) in [5.41, 5.74) is 7.75. The molecule has 15 heavy (non-hydrogen) atoms. The van der Waals surface area contributed by atoms with Crippen molar-refractivity contribution in [1.29, 1.82) is 0 Å². The van der Waals surface area contributed by atoms with E-state index in [9.17, 15) is 0 Å². The Labute approximate surface area is 92.4 Å². The quantitative estimate of drug-likeness (QED) is 0.771. The molecule has 0 aromatic heterocycles. The van der Waals surface area contributed by atoms with Crippen LogP contribution >= 0.6 is 0 Å². The van der Waals surface area contributed by atoms with Gasteiger partial charge in [0.25, 0.3) is 0 Å². The van der Waals surface area contributed by atoms with Gasteiger partial charge in [0.1, 0.15) is 11.4 Å². The van der Waals surface area contributed by atoms with Crippen LogP contribution in [0.2, 0.25) is 0 Å². The molecule has 0 saturated carbocycles. The van der Waals surface area contributed by atoms with Crippen LogP contribution < -0.4 is 10.5 Å². The van der Waals surface area contributed by atoms with Crippen molar-refractivity contribution in [2.75, 3.05) is 5.73 Å². The molecule has 0 aliphatic rings. The molecule has 1 rings (SSSR count). The second-order valence-electron chi connectivity index (χ2n) is 4.84. The summed E-state index contributed by atoms with van der Waals surface area (Å²) in [4.78, 5) is 0. The molecule has 0 unspecified atom stereocenters. The van der Waals surface area contributed by atoms with Gasteiger partial charge in [-0.05, 0) is 44.9 Å². The number of nitrogen functional groups attached to an aromatic ring is 1. The topological polar surface area (TPSA) is 35.2 Å². The smallest absolute Gasteiger partial charge is 0.142 e. The first kappa shape index (κ1) is 11.9. The Hall–Kier alpha value is -1.18. The highest BCUT2D eigenvalue weighted by Gasteiger charge is 2.13. The minimum atomic E-state index is -0.194. The number of rotatable bonds is 3. The Kier molecular flexibility index (Phi) is 3.61. The van der Waals surface area contributed by atoms with Gasteiger partial charge >= 0.3 is 0 Å². The van der Waals surface area contributed by atoms with E-state index in [0.717, 1.165) is 24.3 Å². The molecule has 2 nitrogen and oxygen atoms in total. The van der Waals surface area contributed by atoms with Crippen molar-refractivity contribution in [2.24, 2.45) is 0 Å². The van der Waals surface area contributed by atoms with Gasteiger partial charge in [-0.2, -0.15) is 0 Å². The Balaban J connectivity index is 2.84. The van der Waals surface area contributed by atoms with E-state index in [4.69, 9.17) is 10.5 Å². The van der Waals surface area contributed by atoms with Crippen LogP contribution in [0.4, 0.5) is 5.69 Å². The Morgan fingerprint density at radius 2 is 1.93 bits per heavy atom. The van der Waals surface area contributed by atoms with Gasteiger partial charge in [-0.25, -0.2) is 0 Å². The Bertz CT molecular complexity index is 326. The molecule has 0 atom stereocenters. The molecule has 1 aromatic carbocycles. The van der Waals surface area contributed by atoms with Crippen LogP contribution in [-0.4, -0.2) is 5.60 Å². The lowest BCUT2D eigenvalue weighted by atomic mass is 10.1. The fourth-order valence-electron chi connectivity index (χ4n) is 1.46. The molecule has 0 radical (unpaired) electrons. The van der Waals surface area contributed by atoms with Gasteiger partial charge in [0.05, 0.1) is 5.69 Å². The minimum Gasteiger partial charge on any atom is -0.486 e. The maximum Gasteiger partial charge on any atom is 0.142 e. The fourth-order valence-corrected chi connectivity index (χ4v) is 1.46. The molecule has 2 N–H and O–H groups in total. The van der Waals surface area contributed by atoms with Crippen molar-refractivity contribution in [1.82, 2.24) is 0 Å². The lowest BCUT2D eigenvalue weighted by molar-refractivity contribution is 0.132. The molecule has 0 bridgehead atoms. The average Bonchev–Trinajstić information content (AvgIpc) is 2.08. The maximum atomic E-state index is 5.93. The van der Waals surface area contributed by atoms with Crippen LogP contribution in [0.25, 0.3) is 0 Å². The lowest BCUT2D eigenvalue weighted by Gasteiger charge is -2.22. The highest BCUT2D eigenvalue weighted by atomic mass is 16.5. The molecule has 0 heterocycles. The molecular weight excluding hydrogens is 186 g/mol. The van der Waals surface area contributed by atoms with Gasteiger partial charge in [0.15, 0.2) is 0 Å². The minimum absolute atomic E-state index is 0.194. The predicted octanol–water partition coefficient (Wildman–Crippen LogP) is 3.40. The predicted molar refractivity (Wildman–Crippen MR) is 65.2 cm³/mol. The van der Waals surface area contributed by atoms with Gasteiger partial charge in [-0.15, -0.1) is 0 Å². The van der Waals surface area contributed by atoms with E-state index in [1.165, 1.54) is 5.56 Å². The van der Waals surface area contributed by atoms with Gasteiger partial charge in [0, 0.05) is 0 Å². The average molecular weight is 207 g/mol. The number of aryl methyl sites for hydroxylation is 1. The maximum absolute atomic E-state index is 5.93. The third-order valence-corrected chi connectivity index (χ3v) is 2.03. The Morgan fingerprint density at radius 1 is 1.27 bits per heavy atom. The van der Waals surface area contributed by atoms with Crippen LogP contribution in [0.5, 0.6) is 5.75 Å². The van der Waals surface area contributed by atoms with Crippen molar-refractivity contribution in [3.05, 3.63) is 23.8 Å². The van der Waals surface area contributed by atoms with Crippen LogP contribution in [0.3, 0.4) is 0 Å². The first-order valence-corrected chi connectivity index (χ1v) is 5.50. The molecule has 84 valence electrons. The van der Waals surface area contributed by atoms with Crippen LogP contribution in [0.15, 0.2) is 18.2 Å². The van der Waals surface area contributed by atoms with Crippen molar-refractivity contribution < 1.29 is 4.74 Å². The van der Waals surface area contributed by atoms with Crippen molar-refractivity contribution in [3.63, 3.8) is 0 Å². The summed E-state index contributed by atoms with van der Waals surface area (Å²) in [6, 6.07) is 6.05. The van der Waals surface area contributed by atoms with Crippen molar-refractivity contribution in [3.8, 4) is 5.75 Å². The highest BCUT2D eigenvalue weighted by molar-refractivity contribution is 5.54. The van der Waals surface area contributed by atoms with E-state index in [1.807, 2.05) is 32.9 Å². The van der Waals surface area contributed by atoms with Gasteiger partial charge in [0.2, 0.25) is 0 Å². The van der Waals surface area contributed by atoms with Crippen molar-refractivity contribution >= 4 is 5.69 Å². The van der Waals surface area contributed by atoms with Gasteiger partial charge < -0.3 is 10.5 Å². The Morgan fingerprint density at radius 3 is 2.40 bits per heavy atom. The summed E-state index contributed by atoms with van der Waals surface area (Å²) in [5, 5.41) is 0. The van der Waals surface area contributed by atoms with E-state index in [0.29, 0.717) is 0 Å².